The molecular weight excluding hydrogens is 281 g/mol. The van der Waals surface area contributed by atoms with Gasteiger partial charge in [-0.3, -0.25) is 4.79 Å². The van der Waals surface area contributed by atoms with Crippen molar-refractivity contribution < 1.29 is 13.6 Å². The average Bonchev–Trinajstić information content (AvgIpc) is 2.30. The molecule has 92 valence electrons. The normalized spacial score (nSPS) is 10.4. The zero-order valence-corrected chi connectivity index (χ0v) is 10.4. The fourth-order valence-electron chi connectivity index (χ4n) is 1.49. The highest BCUT2D eigenvalue weighted by Crippen LogP contribution is 2.24. The Labute approximate surface area is 112 Å². The third-order valence-corrected chi connectivity index (χ3v) is 3.05. The van der Waals surface area contributed by atoms with Gasteiger partial charge in [0, 0.05) is 17.2 Å². The molecule has 0 aliphatic heterocycles. The van der Waals surface area contributed by atoms with Crippen molar-refractivity contribution in [2.75, 3.05) is 0 Å². The van der Waals surface area contributed by atoms with Crippen LogP contribution in [0.3, 0.4) is 0 Å². The lowest BCUT2D eigenvalue weighted by molar-refractivity contribution is 0.103. The maximum atomic E-state index is 13.0. The number of hydrogen-bond acceptors (Lipinski definition) is 1. The molecule has 0 heterocycles. The molecule has 0 aliphatic carbocycles. The fourth-order valence-corrected chi connectivity index (χ4v) is 1.79. The van der Waals surface area contributed by atoms with E-state index in [-0.39, 0.29) is 16.1 Å². The molecular formula is C13H6Cl2F2O. The lowest BCUT2D eigenvalue weighted by Gasteiger charge is -2.03. The summed E-state index contributed by atoms with van der Waals surface area (Å²) in [5, 5.41) is 0.512. The molecule has 0 radical (unpaired) electrons. The number of carbonyl (C=O) groups is 1. The van der Waals surface area contributed by atoms with Crippen LogP contribution in [0.2, 0.25) is 10.0 Å². The summed E-state index contributed by atoms with van der Waals surface area (Å²) in [5.74, 6) is -2.14. The topological polar surface area (TPSA) is 17.1 Å². The largest absolute Gasteiger partial charge is 0.289 e. The summed E-state index contributed by atoms with van der Waals surface area (Å²) in [7, 11) is 0. The Morgan fingerprint density at radius 3 is 2.00 bits per heavy atom. The lowest BCUT2D eigenvalue weighted by Crippen LogP contribution is -2.02. The molecule has 0 aromatic heterocycles. The van der Waals surface area contributed by atoms with Crippen molar-refractivity contribution in [1.29, 1.82) is 0 Å². The Morgan fingerprint density at radius 1 is 0.833 bits per heavy atom. The van der Waals surface area contributed by atoms with E-state index in [1.807, 2.05) is 0 Å². The standard InChI is InChI=1S/C13H6Cl2F2O/c14-11-2-1-7(5-12(11)15)13(18)8-3-9(16)6-10(17)4-8/h1-6H. The Balaban J connectivity index is 2.44. The monoisotopic (exact) mass is 286 g/mol. The van der Waals surface area contributed by atoms with Crippen LogP contribution in [-0.4, -0.2) is 5.78 Å². The van der Waals surface area contributed by atoms with Gasteiger partial charge in [-0.1, -0.05) is 23.2 Å². The summed E-state index contributed by atoms with van der Waals surface area (Å²) in [6.07, 6.45) is 0. The van der Waals surface area contributed by atoms with Gasteiger partial charge in [-0.25, -0.2) is 8.78 Å². The van der Waals surface area contributed by atoms with Gasteiger partial charge in [0.1, 0.15) is 11.6 Å². The Bertz CT molecular complexity index is 606. The van der Waals surface area contributed by atoms with Crippen molar-refractivity contribution in [3.05, 3.63) is 69.2 Å². The second-order valence-electron chi connectivity index (χ2n) is 3.62. The van der Waals surface area contributed by atoms with Crippen molar-refractivity contribution >= 4 is 29.0 Å². The van der Waals surface area contributed by atoms with Crippen molar-refractivity contribution in [1.82, 2.24) is 0 Å². The van der Waals surface area contributed by atoms with Crippen LogP contribution >= 0.6 is 23.2 Å². The van der Waals surface area contributed by atoms with E-state index in [0.717, 1.165) is 12.1 Å². The summed E-state index contributed by atoms with van der Waals surface area (Å²) in [4.78, 5) is 12.0. The van der Waals surface area contributed by atoms with Crippen LogP contribution in [0.15, 0.2) is 36.4 Å². The maximum absolute atomic E-state index is 13.0. The Hall–Kier alpha value is -1.45. The minimum absolute atomic E-state index is 0.0779. The maximum Gasteiger partial charge on any atom is 0.193 e. The van der Waals surface area contributed by atoms with E-state index >= 15 is 0 Å². The van der Waals surface area contributed by atoms with Crippen LogP contribution in [0.4, 0.5) is 8.78 Å². The molecule has 0 atom stereocenters. The van der Waals surface area contributed by atoms with E-state index in [1.165, 1.54) is 18.2 Å². The summed E-state index contributed by atoms with van der Waals surface area (Å²) >= 11 is 11.5. The molecule has 0 bridgehead atoms. The predicted octanol–water partition coefficient (Wildman–Crippen LogP) is 4.50. The van der Waals surface area contributed by atoms with Crippen LogP contribution in [-0.2, 0) is 0 Å². The second kappa shape index (κ2) is 5.04. The van der Waals surface area contributed by atoms with Crippen LogP contribution in [0.5, 0.6) is 0 Å². The van der Waals surface area contributed by atoms with Gasteiger partial charge in [0.2, 0.25) is 0 Å². The van der Waals surface area contributed by atoms with Gasteiger partial charge >= 0.3 is 0 Å². The van der Waals surface area contributed by atoms with Crippen LogP contribution in [0.1, 0.15) is 15.9 Å². The molecule has 0 spiro atoms. The number of hydrogen-bond donors (Lipinski definition) is 0. The molecule has 0 saturated heterocycles. The van der Waals surface area contributed by atoms with Crippen LogP contribution in [0.25, 0.3) is 0 Å². The zero-order valence-electron chi connectivity index (χ0n) is 8.88. The molecule has 2 aromatic carbocycles. The van der Waals surface area contributed by atoms with E-state index in [9.17, 15) is 13.6 Å². The molecule has 0 N–H and O–H groups in total. The van der Waals surface area contributed by atoms with Gasteiger partial charge in [-0.2, -0.15) is 0 Å². The highest BCUT2D eigenvalue weighted by Gasteiger charge is 2.13. The van der Waals surface area contributed by atoms with Gasteiger partial charge in [-0.05, 0) is 30.3 Å². The highest BCUT2D eigenvalue weighted by molar-refractivity contribution is 6.42. The van der Waals surface area contributed by atoms with Gasteiger partial charge in [0.15, 0.2) is 5.78 Å². The highest BCUT2D eigenvalue weighted by atomic mass is 35.5. The van der Waals surface area contributed by atoms with Gasteiger partial charge in [0.25, 0.3) is 0 Å². The summed E-state index contributed by atoms with van der Waals surface area (Å²) in [6, 6.07) is 6.88. The molecule has 0 fully saturated rings. The molecule has 1 nitrogen and oxygen atoms in total. The zero-order chi connectivity index (χ0) is 13.3. The Morgan fingerprint density at radius 2 is 1.44 bits per heavy atom. The first-order valence-corrected chi connectivity index (χ1v) is 5.69. The number of benzene rings is 2. The van der Waals surface area contributed by atoms with Crippen molar-refractivity contribution in [2.45, 2.75) is 0 Å². The number of carbonyl (C=O) groups excluding carboxylic acids is 1. The van der Waals surface area contributed by atoms with Crippen LogP contribution in [0, 0.1) is 11.6 Å². The van der Waals surface area contributed by atoms with E-state index in [1.54, 1.807) is 0 Å². The van der Waals surface area contributed by atoms with E-state index < -0.39 is 17.4 Å². The SMILES string of the molecule is O=C(c1cc(F)cc(F)c1)c1ccc(Cl)c(Cl)c1. The average molecular weight is 287 g/mol. The van der Waals surface area contributed by atoms with Crippen molar-refractivity contribution in [3.8, 4) is 0 Å². The quantitative estimate of drug-likeness (QED) is 0.743. The minimum atomic E-state index is -0.807. The van der Waals surface area contributed by atoms with Gasteiger partial charge in [0.05, 0.1) is 10.0 Å². The summed E-state index contributed by atoms with van der Waals surface area (Å²) in [6.45, 7) is 0. The fraction of sp³-hybridized carbons (Fsp3) is 0. The molecule has 0 aliphatic rings. The summed E-state index contributed by atoms with van der Waals surface area (Å²) < 4.78 is 26.0. The first-order chi connectivity index (χ1) is 8.47. The van der Waals surface area contributed by atoms with E-state index in [2.05, 4.69) is 0 Å². The number of halogens is 4. The summed E-state index contributed by atoms with van der Waals surface area (Å²) in [5.41, 5.74) is 0.139. The third kappa shape index (κ3) is 2.68. The lowest BCUT2D eigenvalue weighted by atomic mass is 10.0. The minimum Gasteiger partial charge on any atom is -0.289 e. The first-order valence-electron chi connectivity index (χ1n) is 4.93. The van der Waals surface area contributed by atoms with Crippen LogP contribution < -0.4 is 0 Å². The van der Waals surface area contributed by atoms with Crippen molar-refractivity contribution in [3.63, 3.8) is 0 Å². The third-order valence-electron chi connectivity index (χ3n) is 2.31. The molecule has 0 amide bonds. The smallest absolute Gasteiger partial charge is 0.193 e. The van der Waals surface area contributed by atoms with E-state index in [4.69, 9.17) is 23.2 Å². The first kappa shape index (κ1) is 13.0. The predicted molar refractivity (Wildman–Crippen MR) is 66.3 cm³/mol. The molecule has 0 saturated carbocycles. The Kier molecular flexibility index (Phi) is 3.64. The second-order valence-corrected chi connectivity index (χ2v) is 4.43. The van der Waals surface area contributed by atoms with Gasteiger partial charge < -0.3 is 0 Å². The molecule has 0 unspecified atom stereocenters. The van der Waals surface area contributed by atoms with Gasteiger partial charge in [-0.15, -0.1) is 0 Å². The molecule has 18 heavy (non-hydrogen) atoms. The number of rotatable bonds is 2. The molecule has 2 aromatic rings. The molecule has 5 heteroatoms. The van der Waals surface area contributed by atoms with E-state index in [0.29, 0.717) is 11.1 Å². The number of ketones is 1. The van der Waals surface area contributed by atoms with Crippen molar-refractivity contribution in [2.24, 2.45) is 0 Å². The molecule has 2 rings (SSSR count).